The zero-order valence-corrected chi connectivity index (χ0v) is 36.5. The molecule has 0 heterocycles. The van der Waals surface area contributed by atoms with Gasteiger partial charge in [-0.15, -0.1) is 0 Å². The molecule has 0 bridgehead atoms. The van der Waals surface area contributed by atoms with E-state index < -0.39 is 0 Å². The Balaban J connectivity index is 0.0000140. The first-order valence-electron chi connectivity index (χ1n) is 22.5. The van der Waals surface area contributed by atoms with Gasteiger partial charge in [-0.1, -0.05) is 162 Å². The van der Waals surface area contributed by atoms with Gasteiger partial charge in [0.1, 0.15) is 5.71 Å². The van der Waals surface area contributed by atoms with Crippen LogP contribution in [0.25, 0.3) is 0 Å². The molecule has 0 saturated carbocycles. The summed E-state index contributed by atoms with van der Waals surface area (Å²) in [5, 5.41) is 0. The van der Waals surface area contributed by atoms with Crippen LogP contribution in [0.3, 0.4) is 0 Å². The molecular weight excluding hydrogens is 687 g/mol. The van der Waals surface area contributed by atoms with E-state index >= 15 is 0 Å². The molecule has 0 spiro atoms. The van der Waals surface area contributed by atoms with Crippen LogP contribution in [-0.2, 0) is 42.2 Å². The van der Waals surface area contributed by atoms with Gasteiger partial charge in [-0.25, -0.2) is 4.99 Å². The number of aliphatic imine (C=N–C) groups is 2. The van der Waals surface area contributed by atoms with Crippen molar-refractivity contribution in [1.82, 2.24) is 0 Å². The Morgan fingerprint density at radius 2 is 0.830 bits per heavy atom. The van der Waals surface area contributed by atoms with Gasteiger partial charge in [-0.05, 0) is 123 Å². The zero-order valence-electron chi connectivity index (χ0n) is 35.5. The van der Waals surface area contributed by atoms with Crippen LogP contribution in [0.4, 0.5) is 11.4 Å². The number of hydrogen-bond acceptors (Lipinski definition) is 2. The fourth-order valence-electron chi connectivity index (χ4n) is 7.01. The normalized spacial score (nSPS) is 11.7. The molecule has 2 nitrogen and oxygen atoms in total. The van der Waals surface area contributed by atoms with Crippen LogP contribution in [-0.4, -0.2) is 11.4 Å². The van der Waals surface area contributed by atoms with Gasteiger partial charge in [-0.2, -0.15) is 0 Å². The predicted octanol–water partition coefficient (Wildman–Crippen LogP) is 16.2. The molecular formula is C50H80N2Ni. The smallest absolute Gasteiger partial charge is 0.135 e. The van der Waals surface area contributed by atoms with Gasteiger partial charge in [0.15, 0.2) is 0 Å². The van der Waals surface area contributed by atoms with Crippen molar-refractivity contribution in [1.29, 1.82) is 0 Å². The second-order valence-corrected chi connectivity index (χ2v) is 15.4. The van der Waals surface area contributed by atoms with Crippen LogP contribution >= 0.6 is 0 Å². The van der Waals surface area contributed by atoms with Crippen molar-refractivity contribution >= 4 is 22.8 Å². The van der Waals surface area contributed by atoms with Crippen LogP contribution in [0.2, 0.25) is 0 Å². The van der Waals surface area contributed by atoms with E-state index in [1.807, 2.05) is 0 Å². The summed E-state index contributed by atoms with van der Waals surface area (Å²) in [6, 6.07) is 13.9. The number of nitrogens with zero attached hydrogens (tertiary/aromatic N) is 2. The van der Waals surface area contributed by atoms with Crippen molar-refractivity contribution in [3.8, 4) is 11.8 Å². The Labute approximate surface area is 339 Å². The molecule has 2 rings (SSSR count). The number of benzene rings is 2. The molecule has 0 atom stereocenters. The maximum Gasteiger partial charge on any atom is 0.135 e. The summed E-state index contributed by atoms with van der Waals surface area (Å²) in [6.45, 7) is 13.7. The first-order valence-corrected chi connectivity index (χ1v) is 22.5. The van der Waals surface area contributed by atoms with Gasteiger partial charge in [0.05, 0.1) is 17.1 Å². The Hall–Kier alpha value is -2.17. The largest absolute Gasteiger partial charge is 0.251 e. The summed E-state index contributed by atoms with van der Waals surface area (Å²) in [6.07, 6.45) is 34.8. The second-order valence-electron chi connectivity index (χ2n) is 15.4. The third-order valence-corrected chi connectivity index (χ3v) is 10.5. The fraction of sp³-hybridized carbons (Fsp3) is 0.680. The first kappa shape index (κ1) is 48.9. The molecule has 0 fully saturated rings. The minimum absolute atomic E-state index is 0. The van der Waals surface area contributed by atoms with Crippen molar-refractivity contribution in [3.63, 3.8) is 0 Å². The third-order valence-electron chi connectivity index (χ3n) is 10.5. The average Bonchev–Trinajstić information content (AvgIpc) is 3.16. The number of unbranched alkanes of at least 4 members (excludes halogenated alkanes) is 17. The van der Waals surface area contributed by atoms with E-state index in [2.05, 4.69) is 89.8 Å². The summed E-state index contributed by atoms with van der Waals surface area (Å²) in [7, 11) is 0. The topological polar surface area (TPSA) is 24.7 Å². The Kier molecular flexibility index (Phi) is 30.6. The van der Waals surface area contributed by atoms with E-state index in [9.17, 15) is 0 Å². The van der Waals surface area contributed by atoms with E-state index in [1.165, 1.54) is 151 Å². The summed E-state index contributed by atoms with van der Waals surface area (Å²) >= 11 is 0. The second kappa shape index (κ2) is 33.2. The third kappa shape index (κ3) is 22.1. The van der Waals surface area contributed by atoms with Crippen LogP contribution in [0.1, 0.15) is 218 Å². The Morgan fingerprint density at radius 1 is 0.434 bits per heavy atom. The maximum absolute atomic E-state index is 5.38. The van der Waals surface area contributed by atoms with Crippen molar-refractivity contribution < 1.29 is 16.5 Å². The standard InChI is InChI=1S/C50H80N2.Ni/c1-7-13-19-20-21-22-23-24-25-26-27-28-29-30-36-50(52-48-40-38-44(32-15-9-3)46(42-48)34-17-11-5)49(35-18-12-6)51-47-39-37-43(31-14-8-2)45(41-47)33-16-10-4;/h37-42H,7-29,31-35H2,1-6H3;/b51-49+,52-50+;. The van der Waals surface area contributed by atoms with E-state index in [4.69, 9.17) is 9.98 Å². The molecule has 53 heavy (non-hydrogen) atoms. The predicted molar refractivity (Wildman–Crippen MR) is 235 cm³/mol. The van der Waals surface area contributed by atoms with Crippen molar-refractivity contribution in [2.45, 2.75) is 221 Å². The van der Waals surface area contributed by atoms with E-state index in [0.717, 1.165) is 74.2 Å². The molecule has 0 saturated heterocycles. The van der Waals surface area contributed by atoms with Gasteiger partial charge in [0, 0.05) is 22.9 Å². The van der Waals surface area contributed by atoms with Gasteiger partial charge >= 0.3 is 0 Å². The molecule has 0 N–H and O–H groups in total. The minimum atomic E-state index is 0. The van der Waals surface area contributed by atoms with Crippen molar-refractivity contribution in [3.05, 3.63) is 58.7 Å². The Morgan fingerprint density at radius 3 is 1.28 bits per heavy atom. The van der Waals surface area contributed by atoms with Gasteiger partial charge in [-0.3, -0.25) is 4.99 Å². The first-order chi connectivity index (χ1) is 25.6. The van der Waals surface area contributed by atoms with Crippen LogP contribution in [0.15, 0.2) is 46.4 Å². The zero-order chi connectivity index (χ0) is 37.5. The molecule has 0 amide bonds. The fourth-order valence-corrected chi connectivity index (χ4v) is 7.01. The maximum atomic E-state index is 5.38. The molecule has 0 radical (unpaired) electrons. The van der Waals surface area contributed by atoms with Gasteiger partial charge < -0.3 is 0 Å². The molecule has 0 aromatic heterocycles. The number of hydrogen-bond donors (Lipinski definition) is 0. The quantitative estimate of drug-likeness (QED) is 0.0327. The average molecular weight is 768 g/mol. The van der Waals surface area contributed by atoms with Gasteiger partial charge in [0.25, 0.3) is 0 Å². The van der Waals surface area contributed by atoms with Crippen LogP contribution < -0.4 is 0 Å². The van der Waals surface area contributed by atoms with Crippen LogP contribution in [0.5, 0.6) is 0 Å². The number of rotatable bonds is 30. The summed E-state index contributed by atoms with van der Waals surface area (Å²) < 4.78 is 0. The molecule has 300 valence electrons. The monoisotopic (exact) mass is 767 g/mol. The molecule has 0 aliphatic heterocycles. The van der Waals surface area contributed by atoms with E-state index in [0.29, 0.717) is 0 Å². The molecule has 0 aliphatic rings. The van der Waals surface area contributed by atoms with Crippen molar-refractivity contribution in [2.75, 3.05) is 0 Å². The molecule has 2 aromatic rings. The Bertz CT molecular complexity index is 1330. The molecule has 2 aromatic carbocycles. The minimum Gasteiger partial charge on any atom is -0.251 e. The van der Waals surface area contributed by atoms with Crippen LogP contribution in [0, 0.1) is 11.8 Å². The van der Waals surface area contributed by atoms with Crippen molar-refractivity contribution in [2.24, 2.45) is 9.98 Å². The van der Waals surface area contributed by atoms with E-state index in [1.54, 1.807) is 0 Å². The van der Waals surface area contributed by atoms with Gasteiger partial charge in [0.2, 0.25) is 0 Å². The summed E-state index contributed by atoms with van der Waals surface area (Å²) in [5.74, 6) is 7.19. The molecule has 0 unspecified atom stereocenters. The SMILES string of the molecule is CCCCCCCCCCCCCCC#CC(=N\c1ccc(CCCC)c(CCCC)c1)/C(CCCC)=N/c1ccc(CCCC)c(CCCC)c1.[Ni]. The van der Waals surface area contributed by atoms with E-state index in [-0.39, 0.29) is 16.5 Å². The molecule has 3 heteroatoms. The number of aryl methyl sites for hydroxylation is 4. The summed E-state index contributed by atoms with van der Waals surface area (Å²) in [5.41, 5.74) is 9.97. The molecule has 0 aliphatic carbocycles. The summed E-state index contributed by atoms with van der Waals surface area (Å²) in [4.78, 5) is 10.7.